The van der Waals surface area contributed by atoms with Crippen molar-refractivity contribution >= 4 is 11.6 Å². The van der Waals surface area contributed by atoms with Crippen LogP contribution in [0.4, 0.5) is 0 Å². The average molecular weight is 461 g/mol. The van der Waals surface area contributed by atoms with Crippen LogP contribution in [-0.2, 0) is 19.1 Å². The van der Waals surface area contributed by atoms with Crippen LogP contribution in [0.1, 0.15) is 106 Å². The molecule has 1 aliphatic rings. The first-order valence-electron chi connectivity index (χ1n) is 12.9. The molecule has 0 heterocycles. The highest BCUT2D eigenvalue weighted by Gasteiger charge is 2.34. The zero-order valence-electron chi connectivity index (χ0n) is 22.5. The number of carbonyl (C=O) groups excluding carboxylic acids is 2. The molecular weight excluding hydrogens is 412 g/mol. The Morgan fingerprint density at radius 1 is 0.788 bits per heavy atom. The summed E-state index contributed by atoms with van der Waals surface area (Å²) in [5, 5.41) is 0. The predicted octanol–water partition coefficient (Wildman–Crippen LogP) is 7.73. The number of methoxy groups -OCH3 is 2. The molecule has 0 fully saturated rings. The van der Waals surface area contributed by atoms with E-state index in [4.69, 9.17) is 9.47 Å². The predicted molar refractivity (Wildman–Crippen MR) is 137 cm³/mol. The summed E-state index contributed by atoms with van der Waals surface area (Å²) in [7, 11) is 2.78. The van der Waals surface area contributed by atoms with Crippen LogP contribution < -0.4 is 0 Å². The second kappa shape index (κ2) is 15.1. The van der Waals surface area contributed by atoms with Gasteiger partial charge in [-0.1, -0.05) is 84.3 Å². The molecule has 4 nitrogen and oxygen atoms in total. The minimum Gasteiger partial charge on any atom is -0.489 e. The van der Waals surface area contributed by atoms with Gasteiger partial charge in [0.1, 0.15) is 0 Å². The molecule has 0 aromatic rings. The first-order valence-corrected chi connectivity index (χ1v) is 12.9. The maximum Gasteiger partial charge on any atom is 0.228 e. The van der Waals surface area contributed by atoms with Crippen LogP contribution in [0.2, 0.25) is 0 Å². The van der Waals surface area contributed by atoms with Gasteiger partial charge in [0.2, 0.25) is 23.1 Å². The minimum absolute atomic E-state index is 0.00314. The summed E-state index contributed by atoms with van der Waals surface area (Å²) in [6.07, 6.45) is 14.1. The molecule has 0 spiro atoms. The molecule has 0 unspecified atom stereocenters. The van der Waals surface area contributed by atoms with Crippen LogP contribution >= 0.6 is 0 Å². The molecule has 1 rings (SSSR count). The lowest BCUT2D eigenvalue weighted by Gasteiger charge is -2.19. The highest BCUT2D eigenvalue weighted by Crippen LogP contribution is 2.28. The van der Waals surface area contributed by atoms with Crippen molar-refractivity contribution in [3.8, 4) is 0 Å². The fourth-order valence-corrected chi connectivity index (χ4v) is 4.52. The Labute approximate surface area is 202 Å². The molecule has 0 aromatic heterocycles. The molecule has 188 valence electrons. The zero-order chi connectivity index (χ0) is 25.0. The summed E-state index contributed by atoms with van der Waals surface area (Å²) in [6, 6.07) is 0. The van der Waals surface area contributed by atoms with Gasteiger partial charge in [-0.15, -0.1) is 0 Å². The number of ether oxygens (including phenoxy) is 2. The topological polar surface area (TPSA) is 52.6 Å². The van der Waals surface area contributed by atoms with E-state index in [1.807, 2.05) is 0 Å². The molecular formula is C29H48O4. The largest absolute Gasteiger partial charge is 0.489 e. The van der Waals surface area contributed by atoms with Gasteiger partial charge in [0.25, 0.3) is 0 Å². The quantitative estimate of drug-likeness (QED) is 0.175. The number of hydrogen-bond donors (Lipinski definition) is 0. The van der Waals surface area contributed by atoms with E-state index in [-0.39, 0.29) is 23.1 Å². The Morgan fingerprint density at radius 3 is 1.79 bits per heavy atom. The lowest BCUT2D eigenvalue weighted by atomic mass is 9.90. The van der Waals surface area contributed by atoms with E-state index >= 15 is 0 Å². The van der Waals surface area contributed by atoms with Gasteiger partial charge < -0.3 is 9.47 Å². The SMILES string of the molecule is COC1=C(OC)C(=O)C(C/C=C(/C)CCC[C@@H](C)CCC[C@@H](C)CCCC(C)C)=C(C)C1=O. The van der Waals surface area contributed by atoms with Crippen LogP contribution in [-0.4, -0.2) is 25.8 Å². The van der Waals surface area contributed by atoms with Crippen LogP contribution in [0, 0.1) is 17.8 Å². The third-order valence-electron chi connectivity index (χ3n) is 6.89. The van der Waals surface area contributed by atoms with Gasteiger partial charge in [0.15, 0.2) is 0 Å². The summed E-state index contributed by atoms with van der Waals surface area (Å²) in [5.41, 5.74) is 2.23. The minimum atomic E-state index is -0.266. The molecule has 0 radical (unpaired) electrons. The van der Waals surface area contributed by atoms with Crippen molar-refractivity contribution in [1.29, 1.82) is 0 Å². The summed E-state index contributed by atoms with van der Waals surface area (Å²) >= 11 is 0. The molecule has 4 heteroatoms. The highest BCUT2D eigenvalue weighted by atomic mass is 16.5. The lowest BCUT2D eigenvalue weighted by molar-refractivity contribution is -0.121. The van der Waals surface area contributed by atoms with Gasteiger partial charge in [-0.2, -0.15) is 0 Å². The number of allylic oxidation sites excluding steroid dienone is 4. The van der Waals surface area contributed by atoms with Crippen molar-refractivity contribution in [3.05, 3.63) is 34.3 Å². The fourth-order valence-electron chi connectivity index (χ4n) is 4.52. The van der Waals surface area contributed by atoms with Crippen LogP contribution in [0.25, 0.3) is 0 Å². The third kappa shape index (κ3) is 9.90. The van der Waals surface area contributed by atoms with E-state index in [0.717, 1.165) is 30.6 Å². The molecule has 0 saturated carbocycles. The molecule has 0 N–H and O–H groups in total. The number of rotatable bonds is 16. The molecule has 2 atom stereocenters. The van der Waals surface area contributed by atoms with Crippen molar-refractivity contribution < 1.29 is 19.1 Å². The molecule has 0 aliphatic heterocycles. The van der Waals surface area contributed by atoms with Crippen molar-refractivity contribution in [2.24, 2.45) is 17.8 Å². The maximum atomic E-state index is 12.7. The number of carbonyl (C=O) groups is 2. The Balaban J connectivity index is 2.39. The molecule has 0 aromatic carbocycles. The van der Waals surface area contributed by atoms with Gasteiger partial charge >= 0.3 is 0 Å². The molecule has 0 amide bonds. The summed E-state index contributed by atoms with van der Waals surface area (Å²) in [4.78, 5) is 25.2. The Hall–Kier alpha value is -1.84. The van der Waals surface area contributed by atoms with Crippen LogP contribution in [0.5, 0.6) is 0 Å². The van der Waals surface area contributed by atoms with E-state index in [2.05, 4.69) is 40.7 Å². The van der Waals surface area contributed by atoms with Gasteiger partial charge in [0.05, 0.1) is 14.2 Å². The summed E-state index contributed by atoms with van der Waals surface area (Å²) in [5.74, 6) is 1.93. The Morgan fingerprint density at radius 2 is 1.27 bits per heavy atom. The van der Waals surface area contributed by atoms with Crippen molar-refractivity contribution in [1.82, 2.24) is 0 Å². The standard InChI is InChI=1S/C29H48O4/c1-20(2)12-9-13-21(3)14-10-15-22(4)16-11-17-23(5)18-19-25-24(6)26(30)28(32-7)29(33-8)27(25)31/h18,20-22H,9-17,19H2,1-8H3/b23-18-/t21-,22-/m0/s1. The number of Topliss-reactive ketones (excluding diaryl/α,β-unsaturated/α-hetero) is 2. The molecule has 33 heavy (non-hydrogen) atoms. The smallest absolute Gasteiger partial charge is 0.228 e. The second-order valence-electron chi connectivity index (χ2n) is 10.4. The second-order valence-corrected chi connectivity index (χ2v) is 10.4. The highest BCUT2D eigenvalue weighted by molar-refractivity contribution is 6.23. The van der Waals surface area contributed by atoms with Crippen LogP contribution in [0.3, 0.4) is 0 Å². The normalized spacial score (nSPS) is 17.2. The summed E-state index contributed by atoms with van der Waals surface area (Å²) in [6.45, 7) is 13.2. The number of ketones is 2. The summed E-state index contributed by atoms with van der Waals surface area (Å²) < 4.78 is 10.3. The third-order valence-corrected chi connectivity index (χ3v) is 6.89. The zero-order valence-corrected chi connectivity index (χ0v) is 22.5. The fraction of sp³-hybridized carbons (Fsp3) is 0.724. The van der Waals surface area contributed by atoms with Gasteiger partial charge in [-0.25, -0.2) is 0 Å². The lowest BCUT2D eigenvalue weighted by Crippen LogP contribution is -2.24. The van der Waals surface area contributed by atoms with E-state index in [9.17, 15) is 9.59 Å². The van der Waals surface area contributed by atoms with Gasteiger partial charge in [-0.3, -0.25) is 9.59 Å². The van der Waals surface area contributed by atoms with Gasteiger partial charge in [-0.05, 0) is 50.9 Å². The van der Waals surface area contributed by atoms with E-state index < -0.39 is 0 Å². The number of hydrogen-bond acceptors (Lipinski definition) is 4. The first kappa shape index (κ1) is 29.2. The van der Waals surface area contributed by atoms with Crippen LogP contribution in [0.15, 0.2) is 34.3 Å². The van der Waals surface area contributed by atoms with E-state index in [0.29, 0.717) is 17.6 Å². The van der Waals surface area contributed by atoms with Gasteiger partial charge in [0, 0.05) is 11.1 Å². The monoisotopic (exact) mass is 460 g/mol. The first-order chi connectivity index (χ1) is 15.6. The Bertz CT molecular complexity index is 739. The average Bonchev–Trinajstić information content (AvgIpc) is 2.75. The van der Waals surface area contributed by atoms with Crippen molar-refractivity contribution in [2.75, 3.05) is 14.2 Å². The molecule has 0 saturated heterocycles. The molecule has 0 bridgehead atoms. The van der Waals surface area contributed by atoms with E-state index in [1.54, 1.807) is 6.92 Å². The van der Waals surface area contributed by atoms with Crippen molar-refractivity contribution in [3.63, 3.8) is 0 Å². The van der Waals surface area contributed by atoms with Crippen molar-refractivity contribution in [2.45, 2.75) is 106 Å². The Kier molecular flexibility index (Phi) is 13.4. The maximum absolute atomic E-state index is 12.7. The van der Waals surface area contributed by atoms with E-state index in [1.165, 1.54) is 64.7 Å². The molecule has 1 aliphatic carbocycles.